The van der Waals surface area contributed by atoms with Crippen LogP contribution in [0.1, 0.15) is 16.7 Å². The number of aryl methyl sites for hydroxylation is 2. The fourth-order valence-electron chi connectivity index (χ4n) is 1.14. The first-order valence-electron chi connectivity index (χ1n) is 3.76. The number of alkyl halides is 3. The Labute approximate surface area is 74.4 Å². The van der Waals surface area contributed by atoms with Crippen LogP contribution in [0.3, 0.4) is 0 Å². The quantitative estimate of drug-likeness (QED) is 0.624. The Morgan fingerprint density at radius 3 is 2.08 bits per heavy atom. The minimum Gasteiger partial charge on any atom is -0.399 e. The summed E-state index contributed by atoms with van der Waals surface area (Å²) < 4.78 is 37.0. The van der Waals surface area contributed by atoms with Crippen LogP contribution < -0.4 is 5.73 Å². The average molecular weight is 189 g/mol. The van der Waals surface area contributed by atoms with Gasteiger partial charge in [-0.05, 0) is 37.1 Å². The lowest BCUT2D eigenvalue weighted by atomic mass is 10.0. The molecule has 2 N–H and O–H groups in total. The highest BCUT2D eigenvalue weighted by Crippen LogP contribution is 2.33. The van der Waals surface area contributed by atoms with E-state index in [1.807, 2.05) is 0 Å². The summed E-state index contributed by atoms with van der Waals surface area (Å²) >= 11 is 0. The van der Waals surface area contributed by atoms with Gasteiger partial charge in [0.25, 0.3) is 0 Å². The Bertz CT molecular complexity index is 328. The highest BCUT2D eigenvalue weighted by Gasteiger charge is 2.32. The van der Waals surface area contributed by atoms with Crippen molar-refractivity contribution in [2.24, 2.45) is 0 Å². The number of halogens is 3. The van der Waals surface area contributed by atoms with Crippen LogP contribution in [0.25, 0.3) is 0 Å². The summed E-state index contributed by atoms with van der Waals surface area (Å²) in [5.74, 6) is 0. The van der Waals surface area contributed by atoms with Crippen molar-refractivity contribution in [3.8, 4) is 0 Å². The summed E-state index contributed by atoms with van der Waals surface area (Å²) in [6.07, 6.45) is -4.29. The van der Waals surface area contributed by atoms with Gasteiger partial charge in [0.1, 0.15) is 0 Å². The standard InChI is InChI=1S/C9H10F3N/c1-5-4-8(13)6(2)3-7(5)9(10,11)12/h3-4H,13H2,1-2H3. The molecule has 0 atom stereocenters. The first kappa shape index (κ1) is 9.89. The zero-order valence-electron chi connectivity index (χ0n) is 7.37. The Morgan fingerprint density at radius 1 is 1.08 bits per heavy atom. The second-order valence-electron chi connectivity index (χ2n) is 3.02. The predicted octanol–water partition coefficient (Wildman–Crippen LogP) is 2.90. The number of anilines is 1. The summed E-state index contributed by atoms with van der Waals surface area (Å²) in [5, 5.41) is 0. The van der Waals surface area contributed by atoms with Gasteiger partial charge in [0.2, 0.25) is 0 Å². The van der Waals surface area contributed by atoms with Gasteiger partial charge in [-0.1, -0.05) is 0 Å². The van der Waals surface area contributed by atoms with Crippen molar-refractivity contribution >= 4 is 5.69 Å². The Hall–Kier alpha value is -1.19. The molecule has 1 rings (SSSR count). The molecule has 1 aromatic carbocycles. The lowest BCUT2D eigenvalue weighted by Crippen LogP contribution is -2.08. The smallest absolute Gasteiger partial charge is 0.399 e. The first-order chi connectivity index (χ1) is 5.82. The molecule has 1 nitrogen and oxygen atoms in total. The molecule has 72 valence electrons. The van der Waals surface area contributed by atoms with Crippen molar-refractivity contribution in [2.75, 3.05) is 5.73 Å². The van der Waals surface area contributed by atoms with Crippen LogP contribution in [0.4, 0.5) is 18.9 Å². The van der Waals surface area contributed by atoms with E-state index in [0.29, 0.717) is 11.3 Å². The number of nitrogen functional groups attached to an aromatic ring is 1. The highest BCUT2D eigenvalue weighted by molar-refractivity contribution is 5.51. The van der Waals surface area contributed by atoms with Gasteiger partial charge in [-0.15, -0.1) is 0 Å². The molecule has 0 amide bonds. The molecule has 0 aliphatic rings. The fraction of sp³-hybridized carbons (Fsp3) is 0.333. The summed E-state index contributed by atoms with van der Waals surface area (Å²) in [6.45, 7) is 2.96. The number of benzene rings is 1. The van der Waals surface area contributed by atoms with E-state index < -0.39 is 11.7 Å². The summed E-state index contributed by atoms with van der Waals surface area (Å²) in [5.41, 5.74) is 5.87. The molecule has 0 fully saturated rings. The van der Waals surface area contributed by atoms with Gasteiger partial charge in [-0.2, -0.15) is 13.2 Å². The van der Waals surface area contributed by atoms with Gasteiger partial charge in [0.05, 0.1) is 5.56 Å². The molecule has 0 heterocycles. The molecule has 13 heavy (non-hydrogen) atoms. The number of nitrogens with two attached hydrogens (primary N) is 1. The van der Waals surface area contributed by atoms with Crippen LogP contribution in [0.15, 0.2) is 12.1 Å². The van der Waals surface area contributed by atoms with Gasteiger partial charge in [-0.3, -0.25) is 0 Å². The molecule has 0 aliphatic heterocycles. The van der Waals surface area contributed by atoms with Crippen molar-refractivity contribution < 1.29 is 13.2 Å². The van der Waals surface area contributed by atoms with E-state index in [1.54, 1.807) is 6.92 Å². The zero-order chi connectivity index (χ0) is 10.2. The Kier molecular flexibility index (Phi) is 2.24. The Morgan fingerprint density at radius 2 is 1.62 bits per heavy atom. The van der Waals surface area contributed by atoms with E-state index in [9.17, 15) is 13.2 Å². The number of hydrogen-bond acceptors (Lipinski definition) is 1. The SMILES string of the molecule is Cc1cc(C(F)(F)F)c(C)cc1N. The minimum atomic E-state index is -4.29. The molecule has 0 bridgehead atoms. The molecule has 0 spiro atoms. The third-order valence-electron chi connectivity index (χ3n) is 1.92. The molecule has 0 saturated heterocycles. The van der Waals surface area contributed by atoms with Crippen LogP contribution in [0, 0.1) is 13.8 Å². The first-order valence-corrected chi connectivity index (χ1v) is 3.76. The molecule has 0 radical (unpaired) electrons. The topological polar surface area (TPSA) is 26.0 Å². The van der Waals surface area contributed by atoms with Crippen LogP contribution in [0.5, 0.6) is 0 Å². The van der Waals surface area contributed by atoms with Gasteiger partial charge < -0.3 is 5.73 Å². The maximum atomic E-state index is 12.3. The van der Waals surface area contributed by atoms with Crippen LogP contribution in [-0.2, 0) is 6.18 Å². The van der Waals surface area contributed by atoms with Crippen LogP contribution in [0.2, 0.25) is 0 Å². The van der Waals surface area contributed by atoms with Crippen molar-refractivity contribution in [2.45, 2.75) is 20.0 Å². The van der Waals surface area contributed by atoms with E-state index in [2.05, 4.69) is 0 Å². The minimum absolute atomic E-state index is 0.163. The van der Waals surface area contributed by atoms with E-state index in [0.717, 1.165) is 6.07 Å². The van der Waals surface area contributed by atoms with Crippen molar-refractivity contribution in [3.63, 3.8) is 0 Å². The van der Waals surface area contributed by atoms with Gasteiger partial charge in [-0.25, -0.2) is 0 Å². The van der Waals surface area contributed by atoms with Crippen molar-refractivity contribution in [3.05, 3.63) is 28.8 Å². The molecule has 1 aromatic rings. The second-order valence-corrected chi connectivity index (χ2v) is 3.02. The second kappa shape index (κ2) is 2.94. The third-order valence-corrected chi connectivity index (χ3v) is 1.92. The maximum absolute atomic E-state index is 12.3. The van der Waals surface area contributed by atoms with E-state index in [1.165, 1.54) is 13.0 Å². The van der Waals surface area contributed by atoms with Crippen molar-refractivity contribution in [1.82, 2.24) is 0 Å². The largest absolute Gasteiger partial charge is 0.416 e. The fourth-order valence-corrected chi connectivity index (χ4v) is 1.14. The Balaban J connectivity index is 3.32. The number of hydrogen-bond donors (Lipinski definition) is 1. The zero-order valence-corrected chi connectivity index (χ0v) is 7.37. The average Bonchev–Trinajstić information content (AvgIpc) is 1.94. The van der Waals surface area contributed by atoms with Crippen molar-refractivity contribution in [1.29, 1.82) is 0 Å². The molecule has 4 heteroatoms. The van der Waals surface area contributed by atoms with E-state index in [-0.39, 0.29) is 5.56 Å². The summed E-state index contributed by atoms with van der Waals surface area (Å²) in [4.78, 5) is 0. The lowest BCUT2D eigenvalue weighted by molar-refractivity contribution is -0.138. The summed E-state index contributed by atoms with van der Waals surface area (Å²) in [6, 6.07) is 2.42. The van der Waals surface area contributed by atoms with Gasteiger partial charge in [0, 0.05) is 5.69 Å². The van der Waals surface area contributed by atoms with Gasteiger partial charge in [0.15, 0.2) is 0 Å². The van der Waals surface area contributed by atoms with E-state index in [4.69, 9.17) is 5.73 Å². The maximum Gasteiger partial charge on any atom is 0.416 e. The highest BCUT2D eigenvalue weighted by atomic mass is 19.4. The third kappa shape index (κ3) is 1.94. The number of rotatable bonds is 0. The predicted molar refractivity (Wildman–Crippen MR) is 45.3 cm³/mol. The molecule has 0 aromatic heterocycles. The van der Waals surface area contributed by atoms with Crippen LogP contribution >= 0.6 is 0 Å². The monoisotopic (exact) mass is 189 g/mol. The molecule has 0 aliphatic carbocycles. The van der Waals surface area contributed by atoms with Gasteiger partial charge >= 0.3 is 6.18 Å². The lowest BCUT2D eigenvalue weighted by Gasteiger charge is -2.12. The normalized spacial score (nSPS) is 11.8. The van der Waals surface area contributed by atoms with Crippen LogP contribution in [-0.4, -0.2) is 0 Å². The molecular weight excluding hydrogens is 179 g/mol. The van der Waals surface area contributed by atoms with E-state index >= 15 is 0 Å². The molecule has 0 saturated carbocycles. The molecular formula is C9H10F3N. The summed E-state index contributed by atoms with van der Waals surface area (Å²) in [7, 11) is 0. The molecule has 0 unspecified atom stereocenters.